The molecule has 0 heterocycles. The summed E-state index contributed by atoms with van der Waals surface area (Å²) in [6, 6.07) is 26.7. The van der Waals surface area contributed by atoms with E-state index < -0.39 is 11.8 Å². The number of hydrogen-bond donors (Lipinski definition) is 3. The summed E-state index contributed by atoms with van der Waals surface area (Å²) < 4.78 is 10.8. The van der Waals surface area contributed by atoms with E-state index in [4.69, 9.17) is 9.47 Å². The van der Waals surface area contributed by atoms with Crippen molar-refractivity contribution in [2.24, 2.45) is 0 Å². The first-order valence-corrected chi connectivity index (χ1v) is 14.5. The Morgan fingerprint density at radius 1 is 0.767 bits per heavy atom. The van der Waals surface area contributed by atoms with Crippen LogP contribution in [0.3, 0.4) is 0 Å². The summed E-state index contributed by atoms with van der Waals surface area (Å²) in [5, 5.41) is 8.51. The lowest BCUT2D eigenvalue weighted by Crippen LogP contribution is -2.30. The lowest BCUT2D eigenvalue weighted by Gasteiger charge is -2.13. The highest BCUT2D eigenvalue weighted by molar-refractivity contribution is 8.00. The molecule has 0 bridgehead atoms. The van der Waals surface area contributed by atoms with Gasteiger partial charge in [0.15, 0.2) is 0 Å². The van der Waals surface area contributed by atoms with Crippen molar-refractivity contribution in [2.45, 2.75) is 18.7 Å². The molecule has 0 fully saturated rings. The Balaban J connectivity index is 1.50. The van der Waals surface area contributed by atoms with Gasteiger partial charge in [-0.1, -0.05) is 30.3 Å². The third-order valence-electron chi connectivity index (χ3n) is 6.52. The maximum absolute atomic E-state index is 13.5. The summed E-state index contributed by atoms with van der Waals surface area (Å²) in [5.41, 5.74) is 4.51. The zero-order valence-corrected chi connectivity index (χ0v) is 25.2. The van der Waals surface area contributed by atoms with E-state index in [2.05, 4.69) is 16.0 Å². The largest absolute Gasteiger partial charge is 0.497 e. The highest BCUT2D eigenvalue weighted by Crippen LogP contribution is 2.27. The number of thioether (sulfide) groups is 1. The molecule has 0 spiro atoms. The van der Waals surface area contributed by atoms with Crippen molar-refractivity contribution in [3.05, 3.63) is 119 Å². The number of aryl methyl sites for hydroxylation is 2. The molecule has 0 aliphatic rings. The number of nitrogens with one attached hydrogen (secondary N) is 3. The second-order valence-electron chi connectivity index (χ2n) is 9.60. The topological polar surface area (TPSA) is 106 Å². The second kappa shape index (κ2) is 14.7. The number of benzene rings is 4. The van der Waals surface area contributed by atoms with Crippen molar-refractivity contribution in [1.29, 1.82) is 0 Å². The highest BCUT2D eigenvalue weighted by atomic mass is 32.2. The lowest BCUT2D eigenvalue weighted by molar-refractivity contribution is -0.114. The van der Waals surface area contributed by atoms with Crippen molar-refractivity contribution in [3.8, 4) is 11.5 Å². The molecule has 3 amide bonds. The fourth-order valence-corrected chi connectivity index (χ4v) is 4.82. The zero-order valence-electron chi connectivity index (χ0n) is 24.4. The Labute approximate surface area is 255 Å². The van der Waals surface area contributed by atoms with Gasteiger partial charge < -0.3 is 25.4 Å². The van der Waals surface area contributed by atoms with Crippen LogP contribution in [0.25, 0.3) is 6.08 Å². The molecule has 0 atom stereocenters. The van der Waals surface area contributed by atoms with Crippen molar-refractivity contribution >= 4 is 46.9 Å². The van der Waals surface area contributed by atoms with Crippen LogP contribution in [-0.2, 0) is 9.59 Å². The van der Waals surface area contributed by atoms with Crippen molar-refractivity contribution in [3.63, 3.8) is 0 Å². The molecule has 220 valence electrons. The Kier molecular flexibility index (Phi) is 10.6. The number of carbonyl (C=O) groups is 3. The normalized spacial score (nSPS) is 10.9. The van der Waals surface area contributed by atoms with Gasteiger partial charge in [-0.05, 0) is 85.6 Å². The molecule has 0 saturated heterocycles. The molecule has 0 unspecified atom stereocenters. The van der Waals surface area contributed by atoms with E-state index in [1.54, 1.807) is 79.9 Å². The summed E-state index contributed by atoms with van der Waals surface area (Å²) in [6.07, 6.45) is 1.55. The van der Waals surface area contributed by atoms with Gasteiger partial charge in [-0.3, -0.25) is 14.4 Å². The third-order valence-corrected chi connectivity index (χ3v) is 7.52. The minimum atomic E-state index is -0.531. The second-order valence-corrected chi connectivity index (χ2v) is 10.7. The SMILES string of the molecule is COc1ccc(/C=C(/NC(=O)c2ccccc2)C(=O)Nc2cccc(SCC(=O)Nc3ccc(C)c(C)c3)c2)c(OC)c1. The molecule has 0 radical (unpaired) electrons. The molecular weight excluding hydrogens is 562 g/mol. The van der Waals surface area contributed by atoms with Crippen LogP contribution in [-0.4, -0.2) is 37.7 Å². The molecule has 4 rings (SSSR count). The predicted molar refractivity (Wildman–Crippen MR) is 172 cm³/mol. The molecule has 3 N–H and O–H groups in total. The first-order valence-electron chi connectivity index (χ1n) is 13.5. The van der Waals surface area contributed by atoms with Gasteiger partial charge in [0.05, 0.1) is 20.0 Å². The molecule has 43 heavy (non-hydrogen) atoms. The van der Waals surface area contributed by atoms with Crippen LogP contribution < -0.4 is 25.4 Å². The quantitative estimate of drug-likeness (QED) is 0.136. The number of anilines is 2. The van der Waals surface area contributed by atoms with Gasteiger partial charge in [0.1, 0.15) is 17.2 Å². The molecule has 0 aromatic heterocycles. The van der Waals surface area contributed by atoms with Crippen LogP contribution in [0.5, 0.6) is 11.5 Å². The molecule has 4 aromatic rings. The van der Waals surface area contributed by atoms with Crippen molar-refractivity contribution < 1.29 is 23.9 Å². The van der Waals surface area contributed by atoms with Gasteiger partial charge in [-0.25, -0.2) is 0 Å². The maximum Gasteiger partial charge on any atom is 0.272 e. The van der Waals surface area contributed by atoms with E-state index in [0.717, 1.165) is 21.7 Å². The Morgan fingerprint density at radius 2 is 1.53 bits per heavy atom. The Morgan fingerprint density at radius 3 is 2.26 bits per heavy atom. The number of amides is 3. The van der Waals surface area contributed by atoms with E-state index in [-0.39, 0.29) is 17.4 Å². The minimum absolute atomic E-state index is 0.0168. The molecule has 0 saturated carbocycles. The van der Waals surface area contributed by atoms with Crippen LogP contribution in [0.15, 0.2) is 102 Å². The average molecular weight is 596 g/mol. The van der Waals surface area contributed by atoms with Crippen LogP contribution in [0.1, 0.15) is 27.0 Å². The van der Waals surface area contributed by atoms with Crippen molar-refractivity contribution in [2.75, 3.05) is 30.6 Å². The molecule has 0 aliphatic heterocycles. The van der Waals surface area contributed by atoms with Gasteiger partial charge in [-0.2, -0.15) is 0 Å². The first kappa shape index (κ1) is 30.9. The third kappa shape index (κ3) is 8.73. The number of hydrogen-bond acceptors (Lipinski definition) is 6. The zero-order chi connectivity index (χ0) is 30.8. The fourth-order valence-electron chi connectivity index (χ4n) is 4.06. The number of carbonyl (C=O) groups excluding carboxylic acids is 3. The van der Waals surface area contributed by atoms with Crippen LogP contribution in [0.4, 0.5) is 11.4 Å². The average Bonchev–Trinajstić information content (AvgIpc) is 3.02. The monoisotopic (exact) mass is 595 g/mol. The standard InChI is InChI=1S/C34H33N3O5S/c1-22-13-15-27(17-23(22)2)35-32(38)21-43-29-12-8-11-26(19-29)36-34(40)30(37-33(39)24-9-6-5-7-10-24)18-25-14-16-28(41-3)20-31(25)42-4/h5-20H,21H2,1-4H3,(H,35,38)(H,36,40)(H,37,39)/b30-18+. The lowest BCUT2D eigenvalue weighted by atomic mass is 10.1. The van der Waals surface area contributed by atoms with Gasteiger partial charge >= 0.3 is 0 Å². The highest BCUT2D eigenvalue weighted by Gasteiger charge is 2.17. The molecule has 9 heteroatoms. The summed E-state index contributed by atoms with van der Waals surface area (Å²) in [6.45, 7) is 4.02. The summed E-state index contributed by atoms with van der Waals surface area (Å²) >= 11 is 1.35. The van der Waals surface area contributed by atoms with Gasteiger partial charge in [0, 0.05) is 33.5 Å². The summed E-state index contributed by atoms with van der Waals surface area (Å²) in [4.78, 5) is 39.9. The fraction of sp³-hybridized carbons (Fsp3) is 0.147. The van der Waals surface area contributed by atoms with E-state index in [1.807, 2.05) is 38.1 Å². The smallest absolute Gasteiger partial charge is 0.272 e. The first-order chi connectivity index (χ1) is 20.7. The van der Waals surface area contributed by atoms with E-state index in [1.165, 1.54) is 18.9 Å². The predicted octanol–water partition coefficient (Wildman–Crippen LogP) is 6.46. The molecule has 0 aliphatic carbocycles. The molecule has 4 aromatic carbocycles. The van der Waals surface area contributed by atoms with Crippen LogP contribution in [0, 0.1) is 13.8 Å². The van der Waals surface area contributed by atoms with Crippen molar-refractivity contribution in [1.82, 2.24) is 5.32 Å². The Bertz CT molecular complexity index is 1650. The van der Waals surface area contributed by atoms with E-state index in [9.17, 15) is 14.4 Å². The van der Waals surface area contributed by atoms with Gasteiger partial charge in [0.25, 0.3) is 11.8 Å². The summed E-state index contributed by atoms with van der Waals surface area (Å²) in [5.74, 6) is 0.150. The number of ether oxygens (including phenoxy) is 2. The number of methoxy groups -OCH3 is 2. The minimum Gasteiger partial charge on any atom is -0.497 e. The van der Waals surface area contributed by atoms with Crippen LogP contribution >= 0.6 is 11.8 Å². The van der Waals surface area contributed by atoms with E-state index in [0.29, 0.717) is 28.3 Å². The maximum atomic E-state index is 13.5. The summed E-state index contributed by atoms with van der Waals surface area (Å²) in [7, 11) is 3.06. The van der Waals surface area contributed by atoms with Crippen LogP contribution in [0.2, 0.25) is 0 Å². The Hall–Kier alpha value is -5.02. The molecular formula is C34H33N3O5S. The van der Waals surface area contributed by atoms with Gasteiger partial charge in [-0.15, -0.1) is 11.8 Å². The van der Waals surface area contributed by atoms with E-state index >= 15 is 0 Å². The molecule has 8 nitrogen and oxygen atoms in total. The van der Waals surface area contributed by atoms with Gasteiger partial charge in [0.2, 0.25) is 5.91 Å². The number of rotatable bonds is 11.